The third-order valence-corrected chi connectivity index (χ3v) is 4.05. The van der Waals surface area contributed by atoms with E-state index in [1.165, 1.54) is 12.1 Å². The van der Waals surface area contributed by atoms with Crippen LogP contribution in [-0.2, 0) is 11.2 Å². The number of carbonyl (C=O) groups excluding carboxylic acids is 1. The first kappa shape index (κ1) is 18.6. The third kappa shape index (κ3) is 4.23. The van der Waals surface area contributed by atoms with Crippen LogP contribution in [0.4, 0.5) is 13.2 Å². The number of carboxylic acid groups (broad SMARTS) is 1. The average Bonchev–Trinajstić information content (AvgIpc) is 2.41. The maximum atomic E-state index is 13.0. The minimum atomic E-state index is -4.85. The fourth-order valence-corrected chi connectivity index (χ4v) is 2.64. The summed E-state index contributed by atoms with van der Waals surface area (Å²) in [5.41, 5.74) is -0.0688. The molecule has 1 aromatic rings. The molecule has 0 saturated heterocycles. The van der Waals surface area contributed by atoms with Gasteiger partial charge in [0.2, 0.25) is 6.10 Å². The van der Waals surface area contributed by atoms with Crippen LogP contribution in [0.3, 0.4) is 0 Å². The number of benzene rings is 1. The van der Waals surface area contributed by atoms with E-state index in [-0.39, 0.29) is 16.7 Å². The molecule has 24 heavy (non-hydrogen) atoms. The molecule has 0 N–H and O–H groups in total. The molecule has 7 heteroatoms. The molecule has 3 nitrogen and oxygen atoms in total. The molecule has 1 heterocycles. The van der Waals surface area contributed by atoms with Gasteiger partial charge in [0.1, 0.15) is 5.75 Å². The van der Waals surface area contributed by atoms with Crippen molar-refractivity contribution in [3.05, 3.63) is 33.9 Å². The first-order valence-corrected chi connectivity index (χ1v) is 7.75. The van der Waals surface area contributed by atoms with E-state index in [1.807, 2.05) is 20.8 Å². The van der Waals surface area contributed by atoms with E-state index in [0.717, 1.165) is 12.5 Å². The molecular weight excluding hydrogens is 345 g/mol. The summed E-state index contributed by atoms with van der Waals surface area (Å²) >= 11 is 6.17. The second-order valence-corrected chi connectivity index (χ2v) is 7.38. The van der Waals surface area contributed by atoms with E-state index < -0.39 is 23.8 Å². The molecule has 0 spiro atoms. The van der Waals surface area contributed by atoms with Gasteiger partial charge in [0.05, 0.1) is 5.97 Å². The molecule has 0 radical (unpaired) electrons. The average molecular weight is 362 g/mol. The second kappa shape index (κ2) is 6.31. The zero-order valence-electron chi connectivity index (χ0n) is 13.5. The Morgan fingerprint density at radius 2 is 1.92 bits per heavy atom. The number of carboxylic acids is 1. The van der Waals surface area contributed by atoms with Gasteiger partial charge in [0, 0.05) is 16.2 Å². The number of carbonyl (C=O) groups is 1. The minimum Gasteiger partial charge on any atom is -0.545 e. The van der Waals surface area contributed by atoms with Crippen molar-refractivity contribution in [1.82, 2.24) is 0 Å². The topological polar surface area (TPSA) is 49.4 Å². The number of halogens is 4. The lowest BCUT2D eigenvalue weighted by molar-refractivity contribution is -0.302. The first-order valence-electron chi connectivity index (χ1n) is 7.37. The number of hydrogen-bond acceptors (Lipinski definition) is 3. The Bertz CT molecular complexity index is 688. The number of alkyl halides is 3. The summed E-state index contributed by atoms with van der Waals surface area (Å²) in [6.07, 6.45) is -5.13. The lowest BCUT2D eigenvalue weighted by atomic mass is 9.88. The molecule has 1 aliphatic heterocycles. The summed E-state index contributed by atoms with van der Waals surface area (Å²) < 4.78 is 44.1. The van der Waals surface area contributed by atoms with Gasteiger partial charge in [-0.2, -0.15) is 13.2 Å². The lowest BCUT2D eigenvalue weighted by Crippen LogP contribution is -2.44. The quantitative estimate of drug-likeness (QED) is 0.823. The van der Waals surface area contributed by atoms with Crippen LogP contribution >= 0.6 is 11.6 Å². The van der Waals surface area contributed by atoms with Crippen molar-refractivity contribution >= 4 is 23.6 Å². The lowest BCUT2D eigenvalue weighted by Gasteiger charge is -2.30. The van der Waals surface area contributed by atoms with E-state index in [9.17, 15) is 23.1 Å². The summed E-state index contributed by atoms with van der Waals surface area (Å²) in [6, 6.07) is 2.87. The molecule has 0 bridgehead atoms. The molecule has 132 valence electrons. The zero-order chi connectivity index (χ0) is 18.3. The Labute approximate surface area is 143 Å². The highest BCUT2D eigenvalue weighted by Gasteiger charge is 2.46. The molecule has 1 unspecified atom stereocenters. The number of aliphatic carboxylic acids is 1. The zero-order valence-corrected chi connectivity index (χ0v) is 14.2. The largest absolute Gasteiger partial charge is 0.545 e. The van der Waals surface area contributed by atoms with Gasteiger partial charge in [0.25, 0.3) is 0 Å². The van der Waals surface area contributed by atoms with Gasteiger partial charge in [-0.1, -0.05) is 32.4 Å². The van der Waals surface area contributed by atoms with Crippen molar-refractivity contribution in [2.24, 2.45) is 5.41 Å². The Kier molecular flexibility index (Phi) is 4.91. The minimum absolute atomic E-state index is 0.0318. The van der Waals surface area contributed by atoms with Crippen LogP contribution < -0.4 is 9.84 Å². The fourth-order valence-electron chi connectivity index (χ4n) is 2.37. The van der Waals surface area contributed by atoms with Crippen LogP contribution in [0.2, 0.25) is 5.02 Å². The van der Waals surface area contributed by atoms with E-state index in [1.54, 1.807) is 0 Å². The smallest absolute Gasteiger partial charge is 0.429 e. The molecule has 0 saturated carbocycles. The summed E-state index contributed by atoms with van der Waals surface area (Å²) in [5.74, 6) is -1.95. The maximum absolute atomic E-state index is 13.0. The predicted octanol–water partition coefficient (Wildman–Crippen LogP) is 3.78. The summed E-state index contributed by atoms with van der Waals surface area (Å²) in [6.45, 7) is 6.14. The predicted molar refractivity (Wildman–Crippen MR) is 82.7 cm³/mol. The molecule has 1 aromatic carbocycles. The molecule has 1 atom stereocenters. The van der Waals surface area contributed by atoms with Crippen LogP contribution in [0.25, 0.3) is 6.08 Å². The van der Waals surface area contributed by atoms with Gasteiger partial charge in [-0.15, -0.1) is 0 Å². The first-order chi connectivity index (χ1) is 10.9. The van der Waals surface area contributed by atoms with Gasteiger partial charge in [-0.05, 0) is 42.0 Å². The van der Waals surface area contributed by atoms with Crippen LogP contribution in [0, 0.1) is 5.41 Å². The van der Waals surface area contributed by atoms with Crippen molar-refractivity contribution in [1.29, 1.82) is 0 Å². The van der Waals surface area contributed by atoms with Crippen LogP contribution in [0.5, 0.6) is 5.75 Å². The van der Waals surface area contributed by atoms with Gasteiger partial charge < -0.3 is 14.6 Å². The van der Waals surface area contributed by atoms with Crippen LogP contribution in [0.1, 0.15) is 38.3 Å². The molecule has 0 amide bonds. The van der Waals surface area contributed by atoms with Crippen molar-refractivity contribution in [3.8, 4) is 5.75 Å². The van der Waals surface area contributed by atoms with Gasteiger partial charge in [0.15, 0.2) is 0 Å². The normalized spacial score (nSPS) is 17.8. The second-order valence-electron chi connectivity index (χ2n) is 6.97. The number of fused-ring (bicyclic) bond motifs is 1. The van der Waals surface area contributed by atoms with E-state index in [4.69, 9.17) is 16.3 Å². The van der Waals surface area contributed by atoms with Crippen LogP contribution in [-0.4, -0.2) is 18.2 Å². The molecule has 1 aliphatic rings. The van der Waals surface area contributed by atoms with Crippen LogP contribution in [0.15, 0.2) is 17.7 Å². The van der Waals surface area contributed by atoms with E-state index in [0.29, 0.717) is 17.0 Å². The number of aryl methyl sites for hydroxylation is 1. The van der Waals surface area contributed by atoms with Crippen molar-refractivity contribution in [2.45, 2.75) is 45.9 Å². The Morgan fingerprint density at radius 1 is 1.29 bits per heavy atom. The standard InChI is InChI=1S/C17H18ClF3O3/c1-16(2,3)5-4-9-8-13-10(7-12(9)18)6-11(15(22)23)14(24-13)17(19,20)21/h6-8,14H,4-5H2,1-3H3,(H,22,23)/p-1. The Morgan fingerprint density at radius 3 is 2.42 bits per heavy atom. The molecule has 2 rings (SSSR count). The molecule has 0 aliphatic carbocycles. The number of hydrogen-bond donors (Lipinski definition) is 0. The highest BCUT2D eigenvalue weighted by Crippen LogP contribution is 2.39. The Balaban J connectivity index is 2.42. The monoisotopic (exact) mass is 361 g/mol. The van der Waals surface area contributed by atoms with E-state index in [2.05, 4.69) is 0 Å². The SMILES string of the molecule is CC(C)(C)CCc1cc2c(cc1Cl)C=C(C(=O)[O-])C(C(F)(F)F)O2. The Hall–Kier alpha value is -1.69. The highest BCUT2D eigenvalue weighted by molar-refractivity contribution is 6.31. The number of ether oxygens (including phenoxy) is 1. The number of rotatable bonds is 3. The van der Waals surface area contributed by atoms with Gasteiger partial charge in [-0.25, -0.2) is 0 Å². The molecule has 0 fully saturated rings. The summed E-state index contributed by atoms with van der Waals surface area (Å²) in [7, 11) is 0. The maximum Gasteiger partial charge on any atom is 0.429 e. The van der Waals surface area contributed by atoms with Gasteiger partial charge >= 0.3 is 6.18 Å². The third-order valence-electron chi connectivity index (χ3n) is 3.69. The van der Waals surface area contributed by atoms with E-state index >= 15 is 0 Å². The fraction of sp³-hybridized carbons (Fsp3) is 0.471. The highest BCUT2D eigenvalue weighted by atomic mass is 35.5. The van der Waals surface area contributed by atoms with Crippen molar-refractivity contribution < 1.29 is 27.8 Å². The summed E-state index contributed by atoms with van der Waals surface area (Å²) in [5, 5.41) is 11.4. The molecular formula is C17H17ClF3O3-. The van der Waals surface area contributed by atoms with Crippen molar-refractivity contribution in [3.63, 3.8) is 0 Å². The summed E-state index contributed by atoms with van der Waals surface area (Å²) in [4.78, 5) is 11.0. The van der Waals surface area contributed by atoms with Gasteiger partial charge in [-0.3, -0.25) is 0 Å². The van der Waals surface area contributed by atoms with Crippen molar-refractivity contribution in [2.75, 3.05) is 0 Å². The molecule has 0 aromatic heterocycles.